The van der Waals surface area contributed by atoms with Gasteiger partial charge >= 0.3 is 0 Å². The predicted molar refractivity (Wildman–Crippen MR) is 77.6 cm³/mol. The minimum Gasteiger partial charge on any atom is -0.353 e. The monoisotopic (exact) mass is 332 g/mol. The summed E-state index contributed by atoms with van der Waals surface area (Å²) in [5.41, 5.74) is 0.0125. The van der Waals surface area contributed by atoms with Crippen LogP contribution in [0.15, 0.2) is 35.9 Å². The molecule has 0 bridgehead atoms. The molecule has 2 rings (SSSR count). The van der Waals surface area contributed by atoms with Crippen LogP contribution in [-0.4, -0.2) is 37.5 Å². The molecule has 0 aromatic heterocycles. The molecule has 1 heterocycles. The van der Waals surface area contributed by atoms with Crippen molar-refractivity contribution in [3.05, 3.63) is 47.3 Å². The quantitative estimate of drug-likeness (QED) is 0.906. The molecule has 1 aromatic rings. The van der Waals surface area contributed by atoms with Crippen molar-refractivity contribution in [3.63, 3.8) is 0 Å². The van der Waals surface area contributed by atoms with Crippen LogP contribution in [0.5, 0.6) is 0 Å². The zero-order chi connectivity index (χ0) is 15.6. The minimum atomic E-state index is -3.86. The van der Waals surface area contributed by atoms with E-state index in [1.54, 1.807) is 6.07 Å². The highest BCUT2D eigenvalue weighted by molar-refractivity contribution is 7.89. The van der Waals surface area contributed by atoms with E-state index in [9.17, 15) is 17.6 Å². The summed E-state index contributed by atoms with van der Waals surface area (Å²) < 4.78 is 39.5. The molecule has 1 amide bonds. The molecule has 21 heavy (non-hydrogen) atoms. The van der Waals surface area contributed by atoms with E-state index in [1.165, 1.54) is 18.2 Å². The molecule has 0 aliphatic carbocycles. The second-order valence-corrected chi connectivity index (χ2v) is 7.06. The molecule has 1 N–H and O–H groups in total. The number of piperazine rings is 1. The van der Waals surface area contributed by atoms with E-state index in [-0.39, 0.29) is 23.7 Å². The van der Waals surface area contributed by atoms with Gasteiger partial charge in [-0.25, -0.2) is 12.8 Å². The molecule has 1 aliphatic heterocycles. The number of nitrogens with zero attached hydrogens (tertiary/aromatic N) is 1. The van der Waals surface area contributed by atoms with Gasteiger partial charge in [-0.3, -0.25) is 4.79 Å². The Bertz CT molecular complexity index is 678. The highest BCUT2D eigenvalue weighted by Crippen LogP contribution is 2.28. The van der Waals surface area contributed by atoms with Crippen LogP contribution in [0.25, 0.3) is 0 Å². The van der Waals surface area contributed by atoms with E-state index >= 15 is 0 Å². The van der Waals surface area contributed by atoms with Crippen molar-refractivity contribution in [2.45, 2.75) is 6.04 Å². The third-order valence-electron chi connectivity index (χ3n) is 3.06. The summed E-state index contributed by atoms with van der Waals surface area (Å²) in [5, 5.41) is 2.48. The Balaban J connectivity index is 2.46. The maximum Gasteiger partial charge on any atom is 0.243 e. The lowest BCUT2D eigenvalue weighted by molar-refractivity contribution is -0.127. The Morgan fingerprint density at radius 3 is 2.76 bits per heavy atom. The predicted octanol–water partition coefficient (Wildman–Crippen LogP) is 1.38. The second kappa shape index (κ2) is 6.13. The Morgan fingerprint density at radius 1 is 1.48 bits per heavy atom. The van der Waals surface area contributed by atoms with Crippen molar-refractivity contribution in [2.75, 3.05) is 18.8 Å². The number of hydrogen-bond donors (Lipinski definition) is 1. The summed E-state index contributed by atoms with van der Waals surface area (Å²) >= 11 is 5.57. The highest BCUT2D eigenvalue weighted by atomic mass is 35.5. The molecule has 1 fully saturated rings. The van der Waals surface area contributed by atoms with Gasteiger partial charge in [-0.1, -0.05) is 36.4 Å². The van der Waals surface area contributed by atoms with Crippen molar-refractivity contribution in [3.8, 4) is 0 Å². The normalized spacial score (nSPS) is 20.1. The summed E-state index contributed by atoms with van der Waals surface area (Å²) in [4.78, 5) is 12.1. The third-order valence-corrected chi connectivity index (χ3v) is 5.18. The van der Waals surface area contributed by atoms with Crippen LogP contribution in [0.3, 0.4) is 0 Å². The van der Waals surface area contributed by atoms with Crippen LogP contribution in [0.1, 0.15) is 11.6 Å². The van der Waals surface area contributed by atoms with Crippen LogP contribution in [0.2, 0.25) is 0 Å². The molecule has 1 saturated heterocycles. The molecule has 8 heteroatoms. The van der Waals surface area contributed by atoms with Gasteiger partial charge in [0.2, 0.25) is 15.9 Å². The summed E-state index contributed by atoms with van der Waals surface area (Å²) in [6.45, 7) is 3.57. The number of amides is 1. The molecule has 1 aliphatic rings. The number of nitrogens with one attached hydrogen (secondary N) is 1. The molecule has 1 aromatic carbocycles. The van der Waals surface area contributed by atoms with Gasteiger partial charge < -0.3 is 5.32 Å². The number of rotatable bonds is 4. The molecule has 0 unspecified atom stereocenters. The van der Waals surface area contributed by atoms with E-state index in [2.05, 4.69) is 11.9 Å². The molecule has 0 radical (unpaired) electrons. The first-order chi connectivity index (χ1) is 9.83. The SMILES string of the molecule is C=C(Cl)CS(=O)(=O)N1CCNC(=O)[C@@H]1c1ccccc1F. The first-order valence-electron chi connectivity index (χ1n) is 6.18. The fourth-order valence-electron chi connectivity index (χ4n) is 2.22. The molecular weight excluding hydrogens is 319 g/mol. The maximum absolute atomic E-state index is 13.9. The Kier molecular flexibility index (Phi) is 4.65. The van der Waals surface area contributed by atoms with Gasteiger partial charge in [0.25, 0.3) is 0 Å². The molecule has 1 atom stereocenters. The zero-order valence-electron chi connectivity index (χ0n) is 11.1. The average molecular weight is 333 g/mol. The van der Waals surface area contributed by atoms with Crippen LogP contribution in [0, 0.1) is 5.82 Å². The van der Waals surface area contributed by atoms with Gasteiger partial charge in [0.15, 0.2) is 0 Å². The first-order valence-corrected chi connectivity index (χ1v) is 8.16. The molecule has 0 saturated carbocycles. The fraction of sp³-hybridized carbons (Fsp3) is 0.308. The molecule has 114 valence electrons. The lowest BCUT2D eigenvalue weighted by Crippen LogP contribution is -2.52. The van der Waals surface area contributed by atoms with Gasteiger partial charge in [0, 0.05) is 23.7 Å². The molecular formula is C13H14ClFN2O3S. The Labute approximate surface area is 127 Å². The van der Waals surface area contributed by atoms with Gasteiger partial charge in [-0.2, -0.15) is 4.31 Å². The first kappa shape index (κ1) is 15.9. The minimum absolute atomic E-state index is 0.0125. The van der Waals surface area contributed by atoms with Crippen LogP contribution in [0.4, 0.5) is 4.39 Å². The third kappa shape index (κ3) is 3.42. The van der Waals surface area contributed by atoms with Crippen molar-refractivity contribution in [2.24, 2.45) is 0 Å². The summed E-state index contributed by atoms with van der Waals surface area (Å²) in [6, 6.07) is 4.36. The number of benzene rings is 1. The molecule has 5 nitrogen and oxygen atoms in total. The number of hydrogen-bond acceptors (Lipinski definition) is 3. The number of carbonyl (C=O) groups is 1. The highest BCUT2D eigenvalue weighted by Gasteiger charge is 2.39. The lowest BCUT2D eigenvalue weighted by Gasteiger charge is -2.34. The van der Waals surface area contributed by atoms with E-state index in [0.29, 0.717) is 0 Å². The van der Waals surface area contributed by atoms with Gasteiger partial charge in [-0.15, -0.1) is 0 Å². The standard InChI is InChI=1S/C13H14ClFN2O3S/c1-9(14)8-21(19,20)17-7-6-16-13(18)12(17)10-4-2-3-5-11(10)15/h2-5,12H,1,6-8H2,(H,16,18)/t12-/m0/s1. The van der Waals surface area contributed by atoms with E-state index in [0.717, 1.165) is 4.31 Å². The largest absolute Gasteiger partial charge is 0.353 e. The summed E-state index contributed by atoms with van der Waals surface area (Å²) in [6.07, 6.45) is 0. The van der Waals surface area contributed by atoms with Crippen molar-refractivity contribution in [1.82, 2.24) is 9.62 Å². The molecule has 0 spiro atoms. The van der Waals surface area contributed by atoms with Crippen molar-refractivity contribution >= 4 is 27.5 Å². The van der Waals surface area contributed by atoms with Gasteiger partial charge in [0.05, 0.1) is 5.75 Å². The van der Waals surface area contributed by atoms with Crippen molar-refractivity contribution in [1.29, 1.82) is 0 Å². The van der Waals surface area contributed by atoms with Gasteiger partial charge in [-0.05, 0) is 6.07 Å². The zero-order valence-corrected chi connectivity index (χ0v) is 12.6. The summed E-state index contributed by atoms with van der Waals surface area (Å²) in [5.74, 6) is -1.69. The van der Waals surface area contributed by atoms with Crippen LogP contribution < -0.4 is 5.32 Å². The average Bonchev–Trinajstić information content (AvgIpc) is 2.38. The van der Waals surface area contributed by atoms with Crippen molar-refractivity contribution < 1.29 is 17.6 Å². The van der Waals surface area contributed by atoms with E-state index < -0.39 is 33.5 Å². The maximum atomic E-state index is 13.9. The fourth-order valence-corrected chi connectivity index (χ4v) is 4.09. The second-order valence-electron chi connectivity index (χ2n) is 4.60. The van der Waals surface area contributed by atoms with Crippen LogP contribution in [-0.2, 0) is 14.8 Å². The Morgan fingerprint density at radius 2 is 2.14 bits per heavy atom. The number of sulfonamides is 1. The van der Waals surface area contributed by atoms with E-state index in [4.69, 9.17) is 11.6 Å². The topological polar surface area (TPSA) is 66.5 Å². The van der Waals surface area contributed by atoms with E-state index in [1.807, 2.05) is 0 Å². The smallest absolute Gasteiger partial charge is 0.243 e. The summed E-state index contributed by atoms with van der Waals surface area (Å²) in [7, 11) is -3.86. The van der Waals surface area contributed by atoms with Gasteiger partial charge in [0.1, 0.15) is 11.9 Å². The Hall–Kier alpha value is -1.44. The number of halogens is 2. The number of carbonyl (C=O) groups excluding carboxylic acids is 1. The van der Waals surface area contributed by atoms with Crippen LogP contribution >= 0.6 is 11.6 Å². The lowest BCUT2D eigenvalue weighted by atomic mass is 10.0.